The van der Waals surface area contributed by atoms with Gasteiger partial charge >= 0.3 is 0 Å². The molecule has 0 amide bonds. The molecular weight excluding hydrogens is 232 g/mol. The molecule has 1 atom stereocenters. The second-order valence-electron chi connectivity index (χ2n) is 5.26. The average Bonchev–Trinajstić information content (AvgIpc) is 3.08. The van der Waals surface area contributed by atoms with Crippen molar-refractivity contribution in [2.75, 3.05) is 24.5 Å². The van der Waals surface area contributed by atoms with Crippen LogP contribution in [0, 0.1) is 12.8 Å². The summed E-state index contributed by atoms with van der Waals surface area (Å²) in [4.78, 5) is 6.90. The Kier molecular flexibility index (Phi) is 3.29. The highest BCUT2D eigenvalue weighted by atomic mass is 32.1. The van der Waals surface area contributed by atoms with Crippen molar-refractivity contribution in [2.45, 2.75) is 38.6 Å². The van der Waals surface area contributed by atoms with Crippen LogP contribution in [0.4, 0.5) is 5.13 Å². The molecule has 2 aliphatic rings. The maximum atomic E-state index is 4.49. The highest BCUT2D eigenvalue weighted by molar-refractivity contribution is 7.09. The minimum Gasteiger partial charge on any atom is -0.347 e. The van der Waals surface area contributed by atoms with Crippen molar-refractivity contribution in [3.8, 4) is 0 Å². The molecule has 4 nitrogen and oxygen atoms in total. The van der Waals surface area contributed by atoms with Crippen molar-refractivity contribution in [1.82, 2.24) is 14.7 Å². The second-order valence-corrected chi connectivity index (χ2v) is 5.99. The Morgan fingerprint density at radius 3 is 3.00 bits per heavy atom. The Morgan fingerprint density at radius 2 is 2.29 bits per heavy atom. The summed E-state index contributed by atoms with van der Waals surface area (Å²) in [5.74, 6) is 1.69. The van der Waals surface area contributed by atoms with Crippen molar-refractivity contribution in [1.29, 1.82) is 0 Å². The standard InChI is InChI=1S/C12H20N4S/c1-9-14-12(17-15-9)16-6-2-3-10(8-16)7-13-11-4-5-11/h10-11,13H,2-8H2,1H3. The van der Waals surface area contributed by atoms with Crippen LogP contribution in [-0.4, -0.2) is 35.0 Å². The molecule has 1 aromatic rings. The van der Waals surface area contributed by atoms with Gasteiger partial charge in [-0.15, -0.1) is 0 Å². The van der Waals surface area contributed by atoms with E-state index in [1.54, 1.807) is 0 Å². The summed E-state index contributed by atoms with van der Waals surface area (Å²) in [7, 11) is 0. The monoisotopic (exact) mass is 252 g/mol. The second kappa shape index (κ2) is 4.90. The third kappa shape index (κ3) is 2.96. The van der Waals surface area contributed by atoms with Gasteiger partial charge in [-0.2, -0.15) is 4.37 Å². The van der Waals surface area contributed by atoms with Gasteiger partial charge in [0.15, 0.2) is 0 Å². The first-order valence-electron chi connectivity index (χ1n) is 6.60. The van der Waals surface area contributed by atoms with Crippen LogP contribution in [0.15, 0.2) is 0 Å². The van der Waals surface area contributed by atoms with Gasteiger partial charge in [0, 0.05) is 30.7 Å². The number of piperidine rings is 1. The molecule has 1 saturated carbocycles. The molecule has 2 heterocycles. The molecular formula is C12H20N4S. The predicted octanol–water partition coefficient (Wildman–Crippen LogP) is 1.81. The molecule has 0 spiro atoms. The Morgan fingerprint density at radius 1 is 1.41 bits per heavy atom. The fourth-order valence-electron chi connectivity index (χ4n) is 2.44. The van der Waals surface area contributed by atoms with E-state index in [9.17, 15) is 0 Å². The van der Waals surface area contributed by atoms with Gasteiger partial charge in [-0.3, -0.25) is 0 Å². The van der Waals surface area contributed by atoms with Crippen LogP contribution in [-0.2, 0) is 0 Å². The zero-order valence-corrected chi connectivity index (χ0v) is 11.2. The van der Waals surface area contributed by atoms with E-state index in [-0.39, 0.29) is 0 Å². The number of aryl methyl sites for hydroxylation is 1. The van der Waals surface area contributed by atoms with Gasteiger partial charge in [0.2, 0.25) is 5.13 Å². The molecule has 1 aliphatic heterocycles. The molecule has 2 fully saturated rings. The summed E-state index contributed by atoms with van der Waals surface area (Å²) in [6.45, 7) is 5.44. The molecule has 1 aromatic heterocycles. The molecule has 94 valence electrons. The minimum absolute atomic E-state index is 0.786. The van der Waals surface area contributed by atoms with E-state index in [1.165, 1.54) is 43.8 Å². The van der Waals surface area contributed by atoms with Crippen LogP contribution >= 0.6 is 11.5 Å². The van der Waals surface area contributed by atoms with Crippen LogP contribution in [0.5, 0.6) is 0 Å². The smallest absolute Gasteiger partial charge is 0.205 e. The van der Waals surface area contributed by atoms with E-state index < -0.39 is 0 Å². The first-order valence-corrected chi connectivity index (χ1v) is 7.37. The molecule has 0 bridgehead atoms. The molecule has 0 radical (unpaired) electrons. The van der Waals surface area contributed by atoms with Crippen LogP contribution in [0.1, 0.15) is 31.5 Å². The zero-order chi connectivity index (χ0) is 11.7. The van der Waals surface area contributed by atoms with Gasteiger partial charge in [-0.25, -0.2) is 4.98 Å². The van der Waals surface area contributed by atoms with Gasteiger partial charge < -0.3 is 10.2 Å². The highest BCUT2D eigenvalue weighted by Crippen LogP contribution is 2.25. The van der Waals surface area contributed by atoms with E-state index in [0.29, 0.717) is 0 Å². The quantitative estimate of drug-likeness (QED) is 0.887. The Hall–Kier alpha value is -0.680. The highest BCUT2D eigenvalue weighted by Gasteiger charge is 2.25. The summed E-state index contributed by atoms with van der Waals surface area (Å²) < 4.78 is 4.27. The zero-order valence-electron chi connectivity index (χ0n) is 10.4. The Balaban J connectivity index is 1.54. The largest absolute Gasteiger partial charge is 0.347 e. The van der Waals surface area contributed by atoms with E-state index in [1.807, 2.05) is 6.92 Å². The number of hydrogen-bond donors (Lipinski definition) is 1. The molecule has 0 aromatic carbocycles. The molecule has 1 aliphatic carbocycles. The molecule has 3 rings (SSSR count). The van der Waals surface area contributed by atoms with E-state index >= 15 is 0 Å². The van der Waals surface area contributed by atoms with Crippen LogP contribution in [0.3, 0.4) is 0 Å². The molecule has 17 heavy (non-hydrogen) atoms. The lowest BCUT2D eigenvalue weighted by Gasteiger charge is -2.32. The summed E-state index contributed by atoms with van der Waals surface area (Å²) >= 11 is 1.54. The summed E-state index contributed by atoms with van der Waals surface area (Å²) in [6.07, 6.45) is 5.40. The van der Waals surface area contributed by atoms with Crippen molar-refractivity contribution in [2.24, 2.45) is 5.92 Å². The maximum Gasteiger partial charge on any atom is 0.205 e. The van der Waals surface area contributed by atoms with Gasteiger partial charge in [-0.1, -0.05) is 0 Å². The Bertz CT molecular complexity index is 374. The van der Waals surface area contributed by atoms with Gasteiger partial charge in [0.1, 0.15) is 5.82 Å². The Labute approximate surface area is 107 Å². The van der Waals surface area contributed by atoms with E-state index in [2.05, 4.69) is 19.6 Å². The molecule has 1 unspecified atom stereocenters. The lowest BCUT2D eigenvalue weighted by atomic mass is 9.98. The lowest BCUT2D eigenvalue weighted by molar-refractivity contribution is 0.391. The third-order valence-corrected chi connectivity index (χ3v) is 4.45. The van der Waals surface area contributed by atoms with Crippen molar-refractivity contribution in [3.63, 3.8) is 0 Å². The normalized spacial score (nSPS) is 25.2. The topological polar surface area (TPSA) is 41.1 Å². The number of nitrogens with one attached hydrogen (secondary N) is 1. The van der Waals surface area contributed by atoms with E-state index in [4.69, 9.17) is 0 Å². The number of hydrogen-bond acceptors (Lipinski definition) is 5. The molecule has 1 saturated heterocycles. The summed E-state index contributed by atoms with van der Waals surface area (Å²) in [6, 6.07) is 0.828. The maximum absolute atomic E-state index is 4.49. The fourth-order valence-corrected chi connectivity index (χ4v) is 3.15. The first-order chi connectivity index (χ1) is 8.31. The fraction of sp³-hybridized carbons (Fsp3) is 0.833. The van der Waals surface area contributed by atoms with E-state index in [0.717, 1.165) is 36.0 Å². The predicted molar refractivity (Wildman–Crippen MR) is 70.6 cm³/mol. The first kappa shape index (κ1) is 11.4. The van der Waals surface area contributed by atoms with Crippen molar-refractivity contribution >= 4 is 16.7 Å². The SMILES string of the molecule is Cc1nsc(N2CCCC(CNC3CC3)C2)n1. The summed E-state index contributed by atoms with van der Waals surface area (Å²) in [5.41, 5.74) is 0. The third-order valence-electron chi connectivity index (χ3n) is 3.58. The molecule has 1 N–H and O–H groups in total. The number of anilines is 1. The van der Waals surface area contributed by atoms with Crippen LogP contribution in [0.25, 0.3) is 0 Å². The molecule has 5 heteroatoms. The van der Waals surface area contributed by atoms with Gasteiger partial charge in [0.25, 0.3) is 0 Å². The van der Waals surface area contributed by atoms with Gasteiger partial charge in [0.05, 0.1) is 0 Å². The average molecular weight is 252 g/mol. The lowest BCUT2D eigenvalue weighted by Crippen LogP contribution is -2.40. The van der Waals surface area contributed by atoms with Crippen molar-refractivity contribution in [3.05, 3.63) is 5.82 Å². The number of nitrogens with zero attached hydrogens (tertiary/aromatic N) is 3. The number of rotatable bonds is 4. The summed E-state index contributed by atoms with van der Waals surface area (Å²) in [5, 5.41) is 4.75. The van der Waals surface area contributed by atoms with Crippen LogP contribution < -0.4 is 10.2 Å². The minimum atomic E-state index is 0.786. The van der Waals surface area contributed by atoms with Gasteiger partial charge in [-0.05, 0) is 45.1 Å². The number of aromatic nitrogens is 2. The van der Waals surface area contributed by atoms with Crippen LogP contribution in [0.2, 0.25) is 0 Å². The van der Waals surface area contributed by atoms with Crippen molar-refractivity contribution < 1.29 is 0 Å².